The molecule has 2 aromatic carbocycles. The van der Waals surface area contributed by atoms with E-state index < -0.39 is 29.8 Å². The Morgan fingerprint density at radius 3 is 2.56 bits per heavy atom. The van der Waals surface area contributed by atoms with Gasteiger partial charge in [-0.05, 0) is 37.1 Å². The zero-order chi connectivity index (χ0) is 23.3. The monoisotopic (exact) mass is 454 g/mol. The number of methoxy groups -OCH3 is 1. The average Bonchev–Trinajstić information content (AvgIpc) is 2.79. The highest BCUT2D eigenvalue weighted by Crippen LogP contribution is 2.30. The minimum atomic E-state index is -0.968. The normalized spacial score (nSPS) is 12.5. The Morgan fingerprint density at radius 2 is 1.84 bits per heavy atom. The number of esters is 1. The van der Waals surface area contributed by atoms with E-state index >= 15 is 0 Å². The van der Waals surface area contributed by atoms with Crippen LogP contribution in [0.2, 0.25) is 5.02 Å². The molecule has 0 aliphatic rings. The third-order valence-electron chi connectivity index (χ3n) is 4.86. The van der Waals surface area contributed by atoms with Gasteiger partial charge in [0.1, 0.15) is 12.1 Å². The molecular weight excluding hydrogens is 432 g/mol. The molecule has 2 N–H and O–H groups in total. The summed E-state index contributed by atoms with van der Waals surface area (Å²) in [5, 5.41) is 13.2. The lowest BCUT2D eigenvalue weighted by Crippen LogP contribution is -2.40. The maximum atomic E-state index is 12.5. The molecule has 1 amide bonds. The van der Waals surface area contributed by atoms with E-state index in [1.54, 1.807) is 6.92 Å². The molecule has 1 aromatic heterocycles. The van der Waals surface area contributed by atoms with Gasteiger partial charge in [0.25, 0.3) is 5.91 Å². The van der Waals surface area contributed by atoms with Crippen molar-refractivity contribution in [3.05, 3.63) is 77.1 Å². The van der Waals surface area contributed by atoms with Gasteiger partial charge in [-0.15, -0.1) is 0 Å². The van der Waals surface area contributed by atoms with Gasteiger partial charge in [-0.2, -0.15) is 0 Å². The van der Waals surface area contributed by atoms with Crippen LogP contribution in [0.15, 0.2) is 60.8 Å². The number of aromatic hydroxyl groups is 1. The van der Waals surface area contributed by atoms with Crippen molar-refractivity contribution in [1.82, 2.24) is 10.3 Å². The van der Waals surface area contributed by atoms with Gasteiger partial charge in [0.2, 0.25) is 0 Å². The first-order valence-electron chi connectivity index (χ1n) is 9.90. The molecule has 0 unspecified atom stereocenters. The summed E-state index contributed by atoms with van der Waals surface area (Å²) in [6.45, 7) is 3.23. The number of pyridine rings is 1. The summed E-state index contributed by atoms with van der Waals surface area (Å²) in [6.07, 6.45) is 0.762. The fourth-order valence-electron chi connectivity index (χ4n) is 3.09. The van der Waals surface area contributed by atoms with Crippen LogP contribution < -0.4 is 10.1 Å². The van der Waals surface area contributed by atoms with Gasteiger partial charge < -0.3 is 19.9 Å². The molecule has 0 radical (unpaired) electrons. The number of nitrogens with zero attached hydrogens (tertiary/aromatic N) is 1. The summed E-state index contributed by atoms with van der Waals surface area (Å²) in [6, 6.07) is 15.5. The van der Waals surface area contributed by atoms with Crippen molar-refractivity contribution in [2.75, 3.05) is 7.11 Å². The van der Waals surface area contributed by atoms with Gasteiger partial charge in [-0.25, -0.2) is 9.78 Å². The van der Waals surface area contributed by atoms with Crippen molar-refractivity contribution < 1.29 is 24.2 Å². The van der Waals surface area contributed by atoms with E-state index in [1.165, 1.54) is 26.3 Å². The number of aromatic nitrogens is 1. The van der Waals surface area contributed by atoms with E-state index in [9.17, 15) is 14.7 Å². The molecule has 0 aliphatic carbocycles. The highest BCUT2D eigenvalue weighted by molar-refractivity contribution is 6.33. The molecule has 166 valence electrons. The number of nitrogens with one attached hydrogen (secondary N) is 1. The van der Waals surface area contributed by atoms with Gasteiger partial charge in [0, 0.05) is 22.8 Å². The second kappa shape index (κ2) is 10.2. The van der Waals surface area contributed by atoms with Crippen molar-refractivity contribution >= 4 is 23.5 Å². The van der Waals surface area contributed by atoms with Crippen LogP contribution in [-0.4, -0.2) is 35.1 Å². The quantitative estimate of drug-likeness (QED) is 0.509. The number of hydrogen-bond donors (Lipinski definition) is 2. The fourth-order valence-corrected chi connectivity index (χ4v) is 3.33. The lowest BCUT2D eigenvalue weighted by Gasteiger charge is -2.19. The van der Waals surface area contributed by atoms with E-state index in [0.29, 0.717) is 5.02 Å². The van der Waals surface area contributed by atoms with E-state index in [1.807, 2.05) is 48.5 Å². The number of benzene rings is 2. The first kappa shape index (κ1) is 23.1. The Hall–Kier alpha value is -3.58. The second-order valence-corrected chi connectivity index (χ2v) is 7.50. The van der Waals surface area contributed by atoms with Crippen molar-refractivity contribution in [3.63, 3.8) is 0 Å². The predicted molar refractivity (Wildman–Crippen MR) is 121 cm³/mol. The van der Waals surface area contributed by atoms with E-state index in [2.05, 4.69) is 10.3 Å². The number of amides is 1. The molecule has 3 rings (SSSR count). The zero-order valence-corrected chi connectivity index (χ0v) is 18.6. The van der Waals surface area contributed by atoms with Gasteiger partial charge >= 0.3 is 5.97 Å². The second-order valence-electron chi connectivity index (χ2n) is 7.09. The van der Waals surface area contributed by atoms with Crippen molar-refractivity contribution in [3.8, 4) is 22.6 Å². The molecule has 1 heterocycles. The molecular formula is C24H23ClN2O5. The van der Waals surface area contributed by atoms with Gasteiger partial charge in [-0.3, -0.25) is 4.79 Å². The van der Waals surface area contributed by atoms with Crippen LogP contribution in [0.25, 0.3) is 11.1 Å². The van der Waals surface area contributed by atoms with Crippen LogP contribution in [0, 0.1) is 0 Å². The van der Waals surface area contributed by atoms with Crippen LogP contribution in [0.5, 0.6) is 11.5 Å². The number of carbonyl (C=O) groups is 2. The van der Waals surface area contributed by atoms with Crippen LogP contribution in [-0.2, 0) is 9.53 Å². The SMILES string of the molecule is COc1ccnc(C(=O)N[C@@H](C)C(=O)O[C@@H](C)c2cccc(-c3ccccc3Cl)c2)c1O. The van der Waals surface area contributed by atoms with E-state index in [0.717, 1.165) is 16.7 Å². The van der Waals surface area contributed by atoms with Gasteiger partial charge in [0.15, 0.2) is 17.2 Å². The third-order valence-corrected chi connectivity index (χ3v) is 5.19. The average molecular weight is 455 g/mol. The largest absolute Gasteiger partial charge is 0.503 e. The number of ether oxygens (including phenoxy) is 2. The molecule has 0 aliphatic heterocycles. The summed E-state index contributed by atoms with van der Waals surface area (Å²) in [4.78, 5) is 28.8. The summed E-state index contributed by atoms with van der Waals surface area (Å²) in [7, 11) is 1.36. The third kappa shape index (κ3) is 5.18. The zero-order valence-electron chi connectivity index (χ0n) is 17.8. The molecule has 2 atom stereocenters. The van der Waals surface area contributed by atoms with Crippen LogP contribution in [0.3, 0.4) is 0 Å². The molecule has 32 heavy (non-hydrogen) atoms. The maximum Gasteiger partial charge on any atom is 0.328 e. The fraction of sp³-hybridized carbons (Fsp3) is 0.208. The Morgan fingerprint density at radius 1 is 1.09 bits per heavy atom. The van der Waals surface area contributed by atoms with Gasteiger partial charge in [-0.1, -0.05) is 48.0 Å². The lowest BCUT2D eigenvalue weighted by atomic mass is 10.0. The highest BCUT2D eigenvalue weighted by atomic mass is 35.5. The van der Waals surface area contributed by atoms with Crippen molar-refractivity contribution in [2.24, 2.45) is 0 Å². The molecule has 0 fully saturated rings. The van der Waals surface area contributed by atoms with E-state index in [4.69, 9.17) is 21.1 Å². The lowest BCUT2D eigenvalue weighted by molar-refractivity contribution is -0.150. The van der Waals surface area contributed by atoms with Crippen LogP contribution >= 0.6 is 11.6 Å². The molecule has 0 spiro atoms. The van der Waals surface area contributed by atoms with Gasteiger partial charge in [0.05, 0.1) is 7.11 Å². The number of rotatable bonds is 7. The molecule has 7 nitrogen and oxygen atoms in total. The molecule has 0 saturated heterocycles. The summed E-state index contributed by atoms with van der Waals surface area (Å²) < 4.78 is 10.5. The summed E-state index contributed by atoms with van der Waals surface area (Å²) in [5.41, 5.74) is 2.31. The topological polar surface area (TPSA) is 97.8 Å². The molecule has 3 aromatic rings. The number of hydrogen-bond acceptors (Lipinski definition) is 6. The molecule has 0 bridgehead atoms. The standard InChI is InChI=1S/C24H23ClN2O5/c1-14(27-23(29)21-22(28)20(31-3)11-12-26-21)24(30)32-15(2)16-7-6-8-17(13-16)18-9-4-5-10-19(18)25/h4-15,28H,1-3H3,(H,27,29)/t14-,15-/m0/s1. The minimum absolute atomic E-state index is 0.104. The summed E-state index contributed by atoms with van der Waals surface area (Å²) >= 11 is 6.29. The number of carbonyl (C=O) groups excluding carboxylic acids is 2. The van der Waals surface area contributed by atoms with Crippen molar-refractivity contribution in [2.45, 2.75) is 26.0 Å². The highest BCUT2D eigenvalue weighted by Gasteiger charge is 2.24. The van der Waals surface area contributed by atoms with Crippen molar-refractivity contribution in [1.29, 1.82) is 0 Å². The Bertz CT molecular complexity index is 1130. The van der Waals surface area contributed by atoms with E-state index in [-0.39, 0.29) is 11.4 Å². The Balaban J connectivity index is 1.67. The minimum Gasteiger partial charge on any atom is -0.503 e. The smallest absolute Gasteiger partial charge is 0.328 e. The van der Waals surface area contributed by atoms with Crippen LogP contribution in [0.1, 0.15) is 36.0 Å². The molecule has 0 saturated carbocycles. The number of halogens is 1. The first-order chi connectivity index (χ1) is 15.3. The predicted octanol–water partition coefficient (Wildman–Crippen LogP) is 4.54. The Labute approximate surface area is 191 Å². The molecule has 8 heteroatoms. The first-order valence-corrected chi connectivity index (χ1v) is 10.3. The van der Waals surface area contributed by atoms with Crippen LogP contribution in [0.4, 0.5) is 0 Å². The maximum absolute atomic E-state index is 12.5. The summed E-state index contributed by atoms with van der Waals surface area (Å²) in [5.74, 6) is -1.65. The Kier molecular flexibility index (Phi) is 7.33.